The van der Waals surface area contributed by atoms with Gasteiger partial charge in [0.05, 0.1) is 0 Å². The first-order valence-corrected chi connectivity index (χ1v) is 7.99. The summed E-state index contributed by atoms with van der Waals surface area (Å²) in [7, 11) is 0. The summed E-state index contributed by atoms with van der Waals surface area (Å²) in [5.41, 5.74) is 0. The van der Waals surface area contributed by atoms with Gasteiger partial charge in [-0.2, -0.15) is 0 Å². The largest absolute Gasteiger partial charge is 0.508 e. The highest BCUT2D eigenvalue weighted by Gasteiger charge is 1.90. The summed E-state index contributed by atoms with van der Waals surface area (Å²) in [5.74, 6) is 0.327. The Morgan fingerprint density at radius 2 is 1.42 bits per heavy atom. The molecular weight excluding hydrogens is 232 g/mol. The smallest absolute Gasteiger partial charge is 0.111 e. The van der Waals surface area contributed by atoms with Gasteiger partial charge in [-0.1, -0.05) is 76.5 Å². The summed E-state index contributed by atoms with van der Waals surface area (Å²) in [4.78, 5) is 0. The summed E-state index contributed by atoms with van der Waals surface area (Å²) in [6, 6.07) is 0. The molecule has 0 heterocycles. The molecule has 0 saturated carbocycles. The molecule has 110 valence electrons. The third kappa shape index (κ3) is 15.0. The van der Waals surface area contributed by atoms with Crippen LogP contribution in [0.5, 0.6) is 0 Å². The van der Waals surface area contributed by atoms with E-state index >= 15 is 0 Å². The minimum absolute atomic E-state index is 0.327. The van der Waals surface area contributed by atoms with Crippen LogP contribution in [-0.4, -0.2) is 5.11 Å². The molecule has 0 saturated heterocycles. The van der Waals surface area contributed by atoms with Crippen molar-refractivity contribution in [3.8, 4) is 0 Å². The molecule has 1 N–H and O–H groups in total. The number of rotatable bonds is 12. The monoisotopic (exact) mass is 264 g/mol. The zero-order valence-electron chi connectivity index (χ0n) is 12.9. The first-order valence-electron chi connectivity index (χ1n) is 7.99. The van der Waals surface area contributed by atoms with Gasteiger partial charge in [0.15, 0.2) is 0 Å². The SMILES string of the molecule is CC=C(O)C=CC=CCCCCCCCCCCC. The zero-order valence-corrected chi connectivity index (χ0v) is 12.9. The lowest BCUT2D eigenvalue weighted by Gasteiger charge is -2.00. The van der Waals surface area contributed by atoms with Crippen molar-refractivity contribution in [3.05, 3.63) is 36.1 Å². The Bertz CT molecular complexity index is 261. The molecule has 0 fully saturated rings. The number of aliphatic hydroxyl groups is 1. The Morgan fingerprint density at radius 1 is 0.842 bits per heavy atom. The minimum Gasteiger partial charge on any atom is -0.508 e. The van der Waals surface area contributed by atoms with Crippen LogP contribution in [0.1, 0.15) is 78.1 Å². The zero-order chi connectivity index (χ0) is 14.2. The molecule has 0 aromatic rings. The quantitative estimate of drug-likeness (QED) is 0.243. The molecule has 1 nitrogen and oxygen atoms in total. The van der Waals surface area contributed by atoms with Gasteiger partial charge in [0.2, 0.25) is 0 Å². The molecule has 19 heavy (non-hydrogen) atoms. The Labute approximate surface area is 120 Å². The fourth-order valence-corrected chi connectivity index (χ4v) is 2.00. The predicted octanol–water partition coefficient (Wildman–Crippen LogP) is 6.48. The Kier molecular flexibility index (Phi) is 14.3. The molecule has 0 aliphatic rings. The highest BCUT2D eigenvalue weighted by atomic mass is 16.3. The number of aliphatic hydroxyl groups excluding tert-OH is 1. The number of allylic oxidation sites excluding steroid dienone is 5. The average molecular weight is 264 g/mol. The molecule has 0 aromatic carbocycles. The molecule has 0 spiro atoms. The van der Waals surface area contributed by atoms with Gasteiger partial charge in [-0.3, -0.25) is 0 Å². The number of hydrogen-bond donors (Lipinski definition) is 1. The number of unbranched alkanes of at least 4 members (excludes halogenated alkanes) is 9. The molecule has 0 rings (SSSR count). The molecule has 0 aliphatic carbocycles. The first kappa shape index (κ1) is 18.0. The summed E-state index contributed by atoms with van der Waals surface area (Å²) < 4.78 is 0. The summed E-state index contributed by atoms with van der Waals surface area (Å²) in [6.07, 6.45) is 23.1. The van der Waals surface area contributed by atoms with E-state index in [2.05, 4.69) is 13.0 Å². The van der Waals surface area contributed by atoms with E-state index in [1.165, 1.54) is 57.8 Å². The van der Waals surface area contributed by atoms with Crippen molar-refractivity contribution < 1.29 is 5.11 Å². The van der Waals surface area contributed by atoms with Gasteiger partial charge in [-0.25, -0.2) is 0 Å². The molecule has 0 unspecified atom stereocenters. The van der Waals surface area contributed by atoms with Crippen molar-refractivity contribution >= 4 is 0 Å². The molecule has 0 amide bonds. The molecule has 0 bridgehead atoms. The maximum Gasteiger partial charge on any atom is 0.111 e. The van der Waals surface area contributed by atoms with Crippen LogP contribution in [0.2, 0.25) is 0 Å². The van der Waals surface area contributed by atoms with Crippen molar-refractivity contribution in [3.63, 3.8) is 0 Å². The minimum atomic E-state index is 0.327. The standard InChI is InChI=1S/C18H32O/c1-3-5-6-7-8-9-10-11-12-13-14-15-16-17-18(19)4-2/h4,14-17,19H,3,5-13H2,1-2H3. The summed E-state index contributed by atoms with van der Waals surface area (Å²) >= 11 is 0. The third-order valence-electron chi connectivity index (χ3n) is 3.28. The van der Waals surface area contributed by atoms with E-state index in [-0.39, 0.29) is 0 Å². The fourth-order valence-electron chi connectivity index (χ4n) is 2.00. The van der Waals surface area contributed by atoms with Crippen LogP contribution >= 0.6 is 0 Å². The van der Waals surface area contributed by atoms with E-state index in [0.29, 0.717) is 5.76 Å². The Hall–Kier alpha value is -0.980. The first-order chi connectivity index (χ1) is 9.31. The highest BCUT2D eigenvalue weighted by Crippen LogP contribution is 2.10. The van der Waals surface area contributed by atoms with Gasteiger partial charge >= 0.3 is 0 Å². The van der Waals surface area contributed by atoms with Gasteiger partial charge in [0, 0.05) is 0 Å². The molecule has 0 atom stereocenters. The lowest BCUT2D eigenvalue weighted by molar-refractivity contribution is 0.431. The lowest BCUT2D eigenvalue weighted by Crippen LogP contribution is -1.80. The summed E-state index contributed by atoms with van der Waals surface area (Å²) in [6.45, 7) is 4.09. The normalized spacial score (nSPS) is 12.8. The molecule has 0 aromatic heterocycles. The second kappa shape index (κ2) is 15.1. The highest BCUT2D eigenvalue weighted by molar-refractivity contribution is 5.15. The van der Waals surface area contributed by atoms with Crippen LogP contribution in [0, 0.1) is 0 Å². The number of hydrogen-bond acceptors (Lipinski definition) is 1. The average Bonchev–Trinajstić information content (AvgIpc) is 2.43. The van der Waals surface area contributed by atoms with Crippen LogP contribution in [0.15, 0.2) is 36.1 Å². The van der Waals surface area contributed by atoms with Gasteiger partial charge in [0.25, 0.3) is 0 Å². The van der Waals surface area contributed by atoms with E-state index in [4.69, 9.17) is 0 Å². The van der Waals surface area contributed by atoms with Gasteiger partial charge in [-0.05, 0) is 31.9 Å². The van der Waals surface area contributed by atoms with E-state index in [1.807, 2.05) is 19.1 Å². The van der Waals surface area contributed by atoms with Crippen LogP contribution < -0.4 is 0 Å². The molecule has 1 heteroatoms. The van der Waals surface area contributed by atoms with Crippen molar-refractivity contribution in [1.82, 2.24) is 0 Å². The van der Waals surface area contributed by atoms with E-state index < -0.39 is 0 Å². The third-order valence-corrected chi connectivity index (χ3v) is 3.28. The van der Waals surface area contributed by atoms with E-state index in [0.717, 1.165) is 6.42 Å². The second-order valence-corrected chi connectivity index (χ2v) is 5.12. The van der Waals surface area contributed by atoms with Crippen molar-refractivity contribution in [2.45, 2.75) is 78.1 Å². The van der Waals surface area contributed by atoms with Crippen LogP contribution in [0.25, 0.3) is 0 Å². The van der Waals surface area contributed by atoms with Gasteiger partial charge < -0.3 is 5.11 Å². The topological polar surface area (TPSA) is 20.2 Å². The van der Waals surface area contributed by atoms with Gasteiger partial charge in [-0.15, -0.1) is 0 Å². The Morgan fingerprint density at radius 3 is 2.00 bits per heavy atom. The van der Waals surface area contributed by atoms with E-state index in [1.54, 1.807) is 12.2 Å². The fraction of sp³-hybridized carbons (Fsp3) is 0.667. The maximum atomic E-state index is 9.18. The second-order valence-electron chi connectivity index (χ2n) is 5.12. The molecule has 0 radical (unpaired) electrons. The summed E-state index contributed by atoms with van der Waals surface area (Å²) in [5, 5.41) is 9.18. The Balaban J connectivity index is 3.22. The molecular formula is C18H32O. The van der Waals surface area contributed by atoms with Crippen molar-refractivity contribution in [2.75, 3.05) is 0 Å². The van der Waals surface area contributed by atoms with Crippen molar-refractivity contribution in [2.24, 2.45) is 0 Å². The maximum absolute atomic E-state index is 9.18. The lowest BCUT2D eigenvalue weighted by atomic mass is 10.1. The van der Waals surface area contributed by atoms with E-state index in [9.17, 15) is 5.11 Å². The van der Waals surface area contributed by atoms with Crippen LogP contribution in [0.4, 0.5) is 0 Å². The van der Waals surface area contributed by atoms with Crippen LogP contribution in [-0.2, 0) is 0 Å². The predicted molar refractivity (Wildman–Crippen MR) is 86.5 cm³/mol. The molecule has 0 aliphatic heterocycles. The van der Waals surface area contributed by atoms with Crippen LogP contribution in [0.3, 0.4) is 0 Å². The van der Waals surface area contributed by atoms with Crippen molar-refractivity contribution in [1.29, 1.82) is 0 Å². The van der Waals surface area contributed by atoms with Gasteiger partial charge in [0.1, 0.15) is 5.76 Å².